The quantitative estimate of drug-likeness (QED) is 0.408. The van der Waals surface area contributed by atoms with E-state index in [1.54, 1.807) is 24.3 Å². The maximum absolute atomic E-state index is 13.3. The van der Waals surface area contributed by atoms with Gasteiger partial charge in [0.25, 0.3) is 0 Å². The molecule has 1 aliphatic rings. The van der Waals surface area contributed by atoms with E-state index in [0.717, 1.165) is 17.2 Å². The Morgan fingerprint density at radius 2 is 1.55 bits per heavy atom. The molecular weight excluding hydrogens is 442 g/mol. The summed E-state index contributed by atoms with van der Waals surface area (Å²) in [6.45, 7) is 0. The van der Waals surface area contributed by atoms with Crippen LogP contribution in [-0.4, -0.2) is 0 Å². The number of anilines is 1. The number of hydrogen-bond donors (Lipinski definition) is 1. The molecule has 0 saturated carbocycles. The molecule has 2 atom stereocenters. The first-order valence-corrected chi connectivity index (χ1v) is 10.0. The molecule has 0 bridgehead atoms. The van der Waals surface area contributed by atoms with Crippen LogP contribution < -0.4 is 5.32 Å². The first-order chi connectivity index (χ1) is 13.7. The van der Waals surface area contributed by atoms with Gasteiger partial charge in [-0.3, -0.25) is 0 Å². The first kappa shape index (κ1) is 20.4. The molecule has 0 amide bonds. The van der Waals surface area contributed by atoms with E-state index in [0.29, 0.717) is 32.7 Å². The van der Waals surface area contributed by atoms with Crippen molar-refractivity contribution >= 4 is 40.5 Å². The number of fused-ring (bicyclic) bond motifs is 1. The zero-order valence-corrected chi connectivity index (χ0v) is 17.2. The molecule has 150 valence electrons. The Morgan fingerprint density at radius 3 is 2.24 bits per heavy atom. The topological polar surface area (TPSA) is 12.0 Å². The van der Waals surface area contributed by atoms with Gasteiger partial charge in [-0.1, -0.05) is 59.1 Å². The van der Waals surface area contributed by atoms with Crippen LogP contribution in [0.1, 0.15) is 40.6 Å². The fourth-order valence-corrected chi connectivity index (χ4v) is 4.62. The van der Waals surface area contributed by atoms with Crippen molar-refractivity contribution in [1.82, 2.24) is 0 Å². The normalized spacial score (nSPS) is 18.8. The Labute approximate surface area is 181 Å². The summed E-state index contributed by atoms with van der Waals surface area (Å²) in [7, 11) is 0. The van der Waals surface area contributed by atoms with Gasteiger partial charge in [0.05, 0.1) is 11.6 Å². The van der Waals surface area contributed by atoms with Gasteiger partial charge in [-0.05, 0) is 59.5 Å². The molecule has 0 fully saturated rings. The third kappa shape index (κ3) is 4.07. The van der Waals surface area contributed by atoms with E-state index >= 15 is 0 Å². The second kappa shape index (κ2) is 7.75. The van der Waals surface area contributed by atoms with Crippen molar-refractivity contribution in [3.63, 3.8) is 0 Å². The third-order valence-corrected chi connectivity index (χ3v) is 6.08. The lowest BCUT2D eigenvalue weighted by molar-refractivity contribution is -0.137. The number of benzene rings is 3. The maximum Gasteiger partial charge on any atom is 0.416 e. The van der Waals surface area contributed by atoms with Gasteiger partial charge in [0, 0.05) is 26.7 Å². The lowest BCUT2D eigenvalue weighted by Crippen LogP contribution is -2.23. The van der Waals surface area contributed by atoms with Gasteiger partial charge in [-0.2, -0.15) is 13.2 Å². The molecule has 1 heterocycles. The van der Waals surface area contributed by atoms with Crippen LogP contribution in [0, 0.1) is 0 Å². The molecule has 0 radical (unpaired) electrons. The van der Waals surface area contributed by atoms with E-state index in [-0.39, 0.29) is 12.0 Å². The lowest BCUT2D eigenvalue weighted by atomic mass is 9.79. The molecule has 1 nitrogen and oxygen atoms in total. The largest absolute Gasteiger partial charge is 0.416 e. The van der Waals surface area contributed by atoms with E-state index in [1.165, 1.54) is 12.1 Å². The van der Waals surface area contributed by atoms with Gasteiger partial charge in [0.2, 0.25) is 0 Å². The minimum atomic E-state index is -4.42. The van der Waals surface area contributed by atoms with Crippen LogP contribution in [0.2, 0.25) is 15.1 Å². The molecule has 1 N–H and O–H groups in total. The number of halogens is 6. The Hall–Kier alpha value is -1.88. The monoisotopic (exact) mass is 455 g/mol. The number of hydrogen-bond acceptors (Lipinski definition) is 1. The van der Waals surface area contributed by atoms with Crippen molar-refractivity contribution in [2.45, 2.75) is 24.6 Å². The molecular formula is C22H15Cl3F3N. The van der Waals surface area contributed by atoms with Crippen molar-refractivity contribution in [3.8, 4) is 0 Å². The van der Waals surface area contributed by atoms with E-state index in [1.807, 2.05) is 18.2 Å². The fourth-order valence-electron chi connectivity index (χ4n) is 3.81. The molecule has 29 heavy (non-hydrogen) atoms. The number of rotatable bonds is 2. The highest BCUT2D eigenvalue weighted by molar-refractivity contribution is 6.35. The van der Waals surface area contributed by atoms with Crippen molar-refractivity contribution in [3.05, 3.63) is 98.0 Å². The predicted octanol–water partition coefficient (Wildman–Crippen LogP) is 8.35. The molecule has 0 saturated heterocycles. The predicted molar refractivity (Wildman–Crippen MR) is 112 cm³/mol. The molecule has 2 unspecified atom stereocenters. The average Bonchev–Trinajstić information content (AvgIpc) is 2.66. The molecule has 4 rings (SSSR count). The molecule has 1 aliphatic heterocycles. The van der Waals surface area contributed by atoms with Crippen LogP contribution >= 0.6 is 34.8 Å². The second-order valence-electron chi connectivity index (χ2n) is 6.97. The fraction of sp³-hybridized carbons (Fsp3) is 0.182. The van der Waals surface area contributed by atoms with Gasteiger partial charge in [0.15, 0.2) is 0 Å². The first-order valence-electron chi connectivity index (χ1n) is 8.91. The number of nitrogens with one attached hydrogen (secondary N) is 1. The standard InChI is InChI=1S/C22H15Cl3F3N/c23-13-6-7-15(19(25)10-13)21-11-16(14-3-1-2-4-18(14)24)17-9-12(22(26,27)28)5-8-20(17)29-21/h1-10,16,21,29H,11H2. The summed E-state index contributed by atoms with van der Waals surface area (Å²) < 4.78 is 40.0. The van der Waals surface area contributed by atoms with E-state index in [2.05, 4.69) is 5.32 Å². The lowest BCUT2D eigenvalue weighted by Gasteiger charge is -2.35. The van der Waals surface area contributed by atoms with Gasteiger partial charge in [-0.15, -0.1) is 0 Å². The van der Waals surface area contributed by atoms with E-state index in [4.69, 9.17) is 34.8 Å². The molecule has 3 aromatic carbocycles. The molecule has 0 aromatic heterocycles. The van der Waals surface area contributed by atoms with Gasteiger partial charge >= 0.3 is 6.18 Å². The van der Waals surface area contributed by atoms with Crippen LogP contribution in [0.25, 0.3) is 0 Å². The zero-order valence-electron chi connectivity index (χ0n) is 14.9. The van der Waals surface area contributed by atoms with Crippen LogP contribution in [0.3, 0.4) is 0 Å². The third-order valence-electron chi connectivity index (χ3n) is 5.17. The average molecular weight is 457 g/mol. The van der Waals surface area contributed by atoms with Crippen molar-refractivity contribution in [2.24, 2.45) is 0 Å². The van der Waals surface area contributed by atoms with Crippen molar-refractivity contribution in [1.29, 1.82) is 0 Å². The molecule has 3 aromatic rings. The highest BCUT2D eigenvalue weighted by atomic mass is 35.5. The summed E-state index contributed by atoms with van der Waals surface area (Å²) in [4.78, 5) is 0. The molecule has 0 spiro atoms. The Balaban J connectivity index is 1.85. The van der Waals surface area contributed by atoms with Crippen LogP contribution in [0.15, 0.2) is 60.7 Å². The minimum absolute atomic E-state index is 0.203. The highest BCUT2D eigenvalue weighted by Gasteiger charge is 2.35. The van der Waals surface area contributed by atoms with E-state index < -0.39 is 11.7 Å². The SMILES string of the molecule is FC(F)(F)c1ccc2c(c1)C(c1ccccc1Cl)CC(c1ccc(Cl)cc1Cl)N2. The minimum Gasteiger partial charge on any atom is -0.378 e. The van der Waals surface area contributed by atoms with Gasteiger partial charge < -0.3 is 5.32 Å². The van der Waals surface area contributed by atoms with Gasteiger partial charge in [-0.25, -0.2) is 0 Å². The summed E-state index contributed by atoms with van der Waals surface area (Å²) >= 11 is 18.8. The highest BCUT2D eigenvalue weighted by Crippen LogP contribution is 2.48. The Morgan fingerprint density at radius 1 is 0.793 bits per heavy atom. The smallest absolute Gasteiger partial charge is 0.378 e. The van der Waals surface area contributed by atoms with Crippen molar-refractivity contribution < 1.29 is 13.2 Å². The number of alkyl halides is 3. The maximum atomic E-state index is 13.3. The van der Waals surface area contributed by atoms with E-state index in [9.17, 15) is 13.2 Å². The van der Waals surface area contributed by atoms with Crippen LogP contribution in [0.4, 0.5) is 18.9 Å². The summed E-state index contributed by atoms with van der Waals surface area (Å²) in [6, 6.07) is 16.0. The summed E-state index contributed by atoms with van der Waals surface area (Å²) in [5.41, 5.74) is 2.13. The summed E-state index contributed by atoms with van der Waals surface area (Å²) in [5, 5.41) is 4.87. The molecule has 7 heteroatoms. The second-order valence-corrected chi connectivity index (χ2v) is 8.22. The van der Waals surface area contributed by atoms with Gasteiger partial charge in [0.1, 0.15) is 0 Å². The summed E-state index contributed by atoms with van der Waals surface area (Å²) in [6.07, 6.45) is -3.92. The Bertz CT molecular complexity index is 1070. The molecule has 0 aliphatic carbocycles. The van der Waals surface area contributed by atoms with Crippen LogP contribution in [-0.2, 0) is 6.18 Å². The Kier molecular flexibility index (Phi) is 5.45. The van der Waals surface area contributed by atoms with Crippen molar-refractivity contribution in [2.75, 3.05) is 5.32 Å². The zero-order chi connectivity index (χ0) is 20.8. The summed E-state index contributed by atoms with van der Waals surface area (Å²) in [5.74, 6) is -0.320. The van der Waals surface area contributed by atoms with Crippen LogP contribution in [0.5, 0.6) is 0 Å².